The van der Waals surface area contributed by atoms with Crippen LogP contribution >= 0.6 is 11.3 Å². The van der Waals surface area contributed by atoms with E-state index < -0.39 is 0 Å². The summed E-state index contributed by atoms with van der Waals surface area (Å²) >= 11 is 1.81. The molecule has 0 amide bonds. The minimum absolute atomic E-state index is 0.0938. The van der Waals surface area contributed by atoms with Gasteiger partial charge in [0, 0.05) is 18.0 Å². The summed E-state index contributed by atoms with van der Waals surface area (Å²) in [5.41, 5.74) is 2.06. The van der Waals surface area contributed by atoms with Crippen LogP contribution in [-0.2, 0) is 13.1 Å². The number of aromatic nitrogens is 3. The molecule has 3 heterocycles. The molecule has 1 aliphatic heterocycles. The third-order valence-electron chi connectivity index (χ3n) is 5.57. The number of para-hydroxylation sites is 1. The number of nitrogens with zero attached hydrogens (tertiary/aromatic N) is 4. The van der Waals surface area contributed by atoms with Crippen molar-refractivity contribution in [1.82, 2.24) is 19.4 Å². The number of benzene rings is 1. The van der Waals surface area contributed by atoms with E-state index in [1.807, 2.05) is 47.1 Å². The first-order chi connectivity index (χ1) is 13.0. The fraction of sp³-hybridized carbons (Fsp3) is 0.476. The van der Waals surface area contributed by atoms with Gasteiger partial charge in [-0.15, -0.1) is 11.3 Å². The third-order valence-corrected chi connectivity index (χ3v) is 6.62. The van der Waals surface area contributed by atoms with Crippen molar-refractivity contribution in [1.29, 1.82) is 0 Å². The number of hydrogen-bond donors (Lipinski definition) is 0. The number of aryl methyl sites for hydroxylation is 3. The zero-order chi connectivity index (χ0) is 19.0. The van der Waals surface area contributed by atoms with Crippen LogP contribution in [0.15, 0.2) is 29.1 Å². The van der Waals surface area contributed by atoms with Crippen LogP contribution in [0.2, 0.25) is 0 Å². The highest BCUT2D eigenvalue weighted by Gasteiger charge is 2.22. The van der Waals surface area contributed by atoms with E-state index >= 15 is 0 Å². The molecular weight excluding hydrogens is 356 g/mol. The minimum atomic E-state index is 0.0938. The van der Waals surface area contributed by atoms with E-state index in [1.165, 1.54) is 10.6 Å². The first-order valence-corrected chi connectivity index (χ1v) is 10.4. The molecule has 6 heteroatoms. The van der Waals surface area contributed by atoms with Crippen LogP contribution in [0.1, 0.15) is 34.2 Å². The molecule has 0 atom stereocenters. The predicted octanol–water partition coefficient (Wildman–Crippen LogP) is 3.69. The Morgan fingerprint density at radius 3 is 2.56 bits per heavy atom. The van der Waals surface area contributed by atoms with Gasteiger partial charge in [-0.05, 0) is 64.8 Å². The van der Waals surface area contributed by atoms with Crippen LogP contribution in [-0.4, -0.2) is 32.5 Å². The van der Waals surface area contributed by atoms with Gasteiger partial charge >= 0.3 is 0 Å². The molecule has 1 aromatic carbocycles. The van der Waals surface area contributed by atoms with E-state index in [4.69, 9.17) is 0 Å². The molecular formula is C21H26N4OS. The molecule has 4 rings (SSSR count). The molecule has 0 spiro atoms. The summed E-state index contributed by atoms with van der Waals surface area (Å²) in [6.07, 6.45) is 2.24. The first kappa shape index (κ1) is 18.3. The standard InChI is InChI=1S/C21H26N4OS/c1-14-20(27-16(3)22-14)13-24-10-8-17(9-11-24)12-25-15(2)23-19-7-5-4-6-18(19)21(25)26/h4-7,17H,8-13H2,1-3H3. The summed E-state index contributed by atoms with van der Waals surface area (Å²) in [7, 11) is 0. The number of likely N-dealkylation sites (tertiary alicyclic amines) is 1. The summed E-state index contributed by atoms with van der Waals surface area (Å²) in [6, 6.07) is 7.63. The van der Waals surface area contributed by atoms with Gasteiger partial charge in [-0.3, -0.25) is 14.3 Å². The average molecular weight is 383 g/mol. The Kier molecular flexibility index (Phi) is 5.10. The van der Waals surface area contributed by atoms with E-state index in [9.17, 15) is 4.79 Å². The van der Waals surface area contributed by atoms with Gasteiger partial charge in [-0.2, -0.15) is 0 Å². The smallest absolute Gasteiger partial charge is 0.261 e. The van der Waals surface area contributed by atoms with Gasteiger partial charge in [0.15, 0.2) is 0 Å². The van der Waals surface area contributed by atoms with Crippen molar-refractivity contribution in [2.75, 3.05) is 13.1 Å². The van der Waals surface area contributed by atoms with Gasteiger partial charge in [-0.25, -0.2) is 9.97 Å². The molecule has 27 heavy (non-hydrogen) atoms. The predicted molar refractivity (Wildman–Crippen MR) is 110 cm³/mol. The molecule has 1 fully saturated rings. The highest BCUT2D eigenvalue weighted by molar-refractivity contribution is 7.11. The molecule has 1 aliphatic rings. The Morgan fingerprint density at radius 1 is 1.11 bits per heavy atom. The highest BCUT2D eigenvalue weighted by atomic mass is 32.1. The van der Waals surface area contributed by atoms with Crippen LogP contribution in [0.3, 0.4) is 0 Å². The second kappa shape index (κ2) is 7.52. The normalized spacial score (nSPS) is 16.3. The topological polar surface area (TPSA) is 51.0 Å². The van der Waals surface area contributed by atoms with Gasteiger partial charge in [0.05, 0.1) is 21.6 Å². The summed E-state index contributed by atoms with van der Waals surface area (Å²) in [4.78, 5) is 25.9. The molecule has 0 bridgehead atoms. The van der Waals surface area contributed by atoms with Crippen molar-refractivity contribution in [3.05, 3.63) is 56.0 Å². The molecule has 0 N–H and O–H groups in total. The van der Waals surface area contributed by atoms with Crippen LogP contribution in [0, 0.1) is 26.7 Å². The fourth-order valence-corrected chi connectivity index (χ4v) is 4.98. The summed E-state index contributed by atoms with van der Waals surface area (Å²) < 4.78 is 1.87. The molecule has 0 aliphatic carbocycles. The van der Waals surface area contributed by atoms with Crippen molar-refractivity contribution in [3.63, 3.8) is 0 Å². The van der Waals surface area contributed by atoms with Crippen LogP contribution < -0.4 is 5.56 Å². The quantitative estimate of drug-likeness (QED) is 0.691. The maximum absolute atomic E-state index is 12.9. The van der Waals surface area contributed by atoms with Crippen molar-refractivity contribution >= 4 is 22.2 Å². The van der Waals surface area contributed by atoms with Gasteiger partial charge in [0.25, 0.3) is 5.56 Å². The maximum atomic E-state index is 12.9. The van der Waals surface area contributed by atoms with E-state index in [-0.39, 0.29) is 5.56 Å². The zero-order valence-corrected chi connectivity index (χ0v) is 17.1. The molecule has 142 valence electrons. The van der Waals surface area contributed by atoms with Crippen LogP contribution in [0.5, 0.6) is 0 Å². The number of thiazole rings is 1. The first-order valence-electron chi connectivity index (χ1n) is 9.62. The van der Waals surface area contributed by atoms with E-state index in [0.717, 1.165) is 60.8 Å². The molecule has 0 saturated carbocycles. The lowest BCUT2D eigenvalue weighted by molar-refractivity contribution is 0.167. The largest absolute Gasteiger partial charge is 0.298 e. The second-order valence-electron chi connectivity index (χ2n) is 7.55. The van der Waals surface area contributed by atoms with Gasteiger partial charge in [-0.1, -0.05) is 12.1 Å². The number of fused-ring (bicyclic) bond motifs is 1. The zero-order valence-electron chi connectivity index (χ0n) is 16.2. The summed E-state index contributed by atoms with van der Waals surface area (Å²) in [5, 5.41) is 1.87. The van der Waals surface area contributed by atoms with Crippen molar-refractivity contribution < 1.29 is 0 Å². The Balaban J connectivity index is 1.43. The summed E-state index contributed by atoms with van der Waals surface area (Å²) in [5.74, 6) is 1.35. The molecule has 2 aromatic heterocycles. The molecule has 0 radical (unpaired) electrons. The minimum Gasteiger partial charge on any atom is -0.298 e. The van der Waals surface area contributed by atoms with Gasteiger partial charge in [0.2, 0.25) is 0 Å². The highest BCUT2D eigenvalue weighted by Crippen LogP contribution is 2.24. The lowest BCUT2D eigenvalue weighted by Gasteiger charge is -2.32. The van der Waals surface area contributed by atoms with E-state index in [1.54, 1.807) is 0 Å². The molecule has 3 aromatic rings. The lowest BCUT2D eigenvalue weighted by Crippen LogP contribution is -2.36. The number of rotatable bonds is 4. The Morgan fingerprint density at radius 2 is 1.85 bits per heavy atom. The molecule has 0 unspecified atom stereocenters. The number of hydrogen-bond acceptors (Lipinski definition) is 5. The van der Waals surface area contributed by atoms with Crippen molar-refractivity contribution in [2.45, 2.75) is 46.7 Å². The third kappa shape index (κ3) is 3.82. The molecule has 5 nitrogen and oxygen atoms in total. The van der Waals surface area contributed by atoms with Crippen molar-refractivity contribution in [3.8, 4) is 0 Å². The number of piperidine rings is 1. The fourth-order valence-electron chi connectivity index (χ4n) is 4.00. The van der Waals surface area contributed by atoms with Crippen molar-refractivity contribution in [2.24, 2.45) is 5.92 Å². The lowest BCUT2D eigenvalue weighted by atomic mass is 9.96. The monoisotopic (exact) mass is 382 g/mol. The van der Waals surface area contributed by atoms with E-state index in [2.05, 4.69) is 28.7 Å². The Bertz CT molecular complexity index is 1010. The van der Waals surface area contributed by atoms with Gasteiger partial charge < -0.3 is 0 Å². The average Bonchev–Trinajstić information content (AvgIpc) is 2.97. The van der Waals surface area contributed by atoms with Crippen LogP contribution in [0.4, 0.5) is 0 Å². The SMILES string of the molecule is Cc1nc(C)c(CN2CCC(Cn3c(C)nc4ccccc4c3=O)CC2)s1. The Labute approximate surface area is 163 Å². The Hall–Kier alpha value is -2.05. The van der Waals surface area contributed by atoms with Crippen LogP contribution in [0.25, 0.3) is 10.9 Å². The van der Waals surface area contributed by atoms with E-state index in [0.29, 0.717) is 5.92 Å². The summed E-state index contributed by atoms with van der Waals surface area (Å²) in [6.45, 7) is 10.1. The van der Waals surface area contributed by atoms with Gasteiger partial charge in [0.1, 0.15) is 5.82 Å². The second-order valence-corrected chi connectivity index (χ2v) is 8.84. The molecule has 1 saturated heterocycles. The maximum Gasteiger partial charge on any atom is 0.261 e.